The van der Waals surface area contributed by atoms with Crippen LogP contribution >= 0.6 is 0 Å². The number of aliphatic carboxylic acids is 1. The molecule has 0 saturated carbocycles. The van der Waals surface area contributed by atoms with Crippen LogP contribution in [0.15, 0.2) is 0 Å². The minimum Gasteiger partial charge on any atom is -0.480 e. The smallest absolute Gasteiger partial charge is 0.329 e. The van der Waals surface area contributed by atoms with E-state index in [9.17, 15) is 19.5 Å². The van der Waals surface area contributed by atoms with Crippen LogP contribution in [0.25, 0.3) is 0 Å². The Morgan fingerprint density at radius 1 is 1.05 bits per heavy atom. The zero-order valence-electron chi connectivity index (χ0n) is 10.1. The second-order valence-corrected chi connectivity index (χ2v) is 3.82. The first kappa shape index (κ1) is 16.9. The van der Waals surface area contributed by atoms with Gasteiger partial charge in [-0.1, -0.05) is 0 Å². The summed E-state index contributed by atoms with van der Waals surface area (Å²) in [5.41, 5.74) is 9.69. The average Bonchev–Trinajstić information content (AvgIpc) is 2.27. The van der Waals surface area contributed by atoms with Crippen molar-refractivity contribution in [1.82, 2.24) is 10.0 Å². The molecule has 0 aromatic carbocycles. The summed E-state index contributed by atoms with van der Waals surface area (Å²) in [7, 11) is 0. The molecular formula is C8H18N6O5. The van der Waals surface area contributed by atoms with Crippen molar-refractivity contribution in [1.29, 1.82) is 0 Å². The number of rotatable bonds is 7. The van der Waals surface area contributed by atoms with E-state index in [4.69, 9.17) is 28.3 Å². The molecule has 0 aromatic heterocycles. The molecule has 0 fully saturated rings. The third kappa shape index (κ3) is 5.85. The molecular weight excluding hydrogens is 260 g/mol. The van der Waals surface area contributed by atoms with Gasteiger partial charge in [0, 0.05) is 0 Å². The van der Waals surface area contributed by atoms with Gasteiger partial charge in [-0.05, 0) is 12.8 Å². The normalized spacial score (nSPS) is 13.4. The van der Waals surface area contributed by atoms with Crippen LogP contribution < -0.4 is 23.2 Å². The first-order chi connectivity index (χ1) is 8.66. The quantitative estimate of drug-likeness (QED) is 0.162. The Hall–Kier alpha value is -2.11. The van der Waals surface area contributed by atoms with Crippen molar-refractivity contribution in [3.05, 3.63) is 0 Å². The molecule has 110 valence electrons. The maximum Gasteiger partial charge on any atom is 0.329 e. The first-order valence-electron chi connectivity index (χ1n) is 5.22. The molecule has 0 aromatic rings. The first-order valence-corrected chi connectivity index (χ1v) is 5.22. The summed E-state index contributed by atoms with van der Waals surface area (Å²) in [6.07, 6.45) is -1.35. The van der Waals surface area contributed by atoms with Crippen molar-refractivity contribution in [3.8, 4) is 0 Å². The summed E-state index contributed by atoms with van der Waals surface area (Å²) in [5.74, 6) is 8.98. The van der Waals surface area contributed by atoms with Crippen LogP contribution in [0.2, 0.25) is 0 Å². The fourth-order valence-electron chi connectivity index (χ4n) is 1.29. The lowest BCUT2D eigenvalue weighted by Crippen LogP contribution is -2.52. The molecule has 11 heteroatoms. The van der Waals surface area contributed by atoms with Crippen LogP contribution in [0.4, 0.5) is 9.59 Å². The SMILES string of the molecule is NC(=O)N(N)CC(O)CCC(C(=O)O)N(N)C(N)=O. The van der Waals surface area contributed by atoms with E-state index in [1.807, 2.05) is 0 Å². The topological polar surface area (TPSA) is 202 Å². The van der Waals surface area contributed by atoms with Gasteiger partial charge in [-0.25, -0.2) is 31.1 Å². The van der Waals surface area contributed by atoms with Gasteiger partial charge in [-0.15, -0.1) is 0 Å². The third-order valence-electron chi connectivity index (χ3n) is 2.34. The number of aliphatic hydroxyl groups is 1. The molecule has 0 spiro atoms. The fraction of sp³-hybridized carbons (Fsp3) is 0.625. The second kappa shape index (κ2) is 7.35. The molecule has 0 radical (unpaired) electrons. The van der Waals surface area contributed by atoms with Crippen LogP contribution in [0, 0.1) is 0 Å². The predicted molar refractivity (Wildman–Crippen MR) is 62.8 cm³/mol. The molecule has 2 unspecified atom stereocenters. The van der Waals surface area contributed by atoms with Gasteiger partial charge in [-0.2, -0.15) is 0 Å². The summed E-state index contributed by atoms with van der Waals surface area (Å²) < 4.78 is 0. The number of aliphatic hydroxyl groups excluding tert-OH is 1. The number of hydrogen-bond acceptors (Lipinski definition) is 6. The van der Waals surface area contributed by atoms with Gasteiger partial charge in [0.2, 0.25) is 0 Å². The Balaban J connectivity index is 4.37. The maximum atomic E-state index is 10.9. The fourth-order valence-corrected chi connectivity index (χ4v) is 1.29. The summed E-state index contributed by atoms with van der Waals surface area (Å²) >= 11 is 0. The molecule has 10 N–H and O–H groups in total. The number of hydrogen-bond donors (Lipinski definition) is 6. The van der Waals surface area contributed by atoms with E-state index >= 15 is 0 Å². The van der Waals surface area contributed by atoms with Gasteiger partial charge < -0.3 is 21.7 Å². The number of carbonyl (C=O) groups excluding carboxylic acids is 2. The molecule has 11 nitrogen and oxygen atoms in total. The highest BCUT2D eigenvalue weighted by Gasteiger charge is 2.27. The summed E-state index contributed by atoms with van der Waals surface area (Å²) in [4.78, 5) is 32.2. The molecule has 19 heavy (non-hydrogen) atoms. The molecule has 0 aliphatic heterocycles. The van der Waals surface area contributed by atoms with Gasteiger partial charge in [0.1, 0.15) is 6.04 Å². The molecule has 0 bridgehead atoms. The van der Waals surface area contributed by atoms with E-state index in [1.54, 1.807) is 0 Å². The van der Waals surface area contributed by atoms with Gasteiger partial charge in [0.05, 0.1) is 12.6 Å². The van der Waals surface area contributed by atoms with Gasteiger partial charge in [-0.3, -0.25) is 5.01 Å². The third-order valence-corrected chi connectivity index (χ3v) is 2.34. The number of carboxylic acids is 1. The van der Waals surface area contributed by atoms with E-state index in [2.05, 4.69) is 0 Å². The lowest BCUT2D eigenvalue weighted by molar-refractivity contribution is -0.142. The van der Waals surface area contributed by atoms with Crippen molar-refractivity contribution >= 4 is 18.0 Å². The van der Waals surface area contributed by atoms with E-state index in [1.165, 1.54) is 0 Å². The molecule has 4 amide bonds. The number of primary amides is 2. The molecule has 0 heterocycles. The van der Waals surface area contributed by atoms with Crippen molar-refractivity contribution in [2.75, 3.05) is 6.54 Å². The number of nitrogens with zero attached hydrogens (tertiary/aromatic N) is 2. The lowest BCUT2D eigenvalue weighted by atomic mass is 10.1. The van der Waals surface area contributed by atoms with Gasteiger partial charge in [0.25, 0.3) is 0 Å². The maximum absolute atomic E-state index is 10.9. The average molecular weight is 278 g/mol. The van der Waals surface area contributed by atoms with Crippen molar-refractivity contribution < 1.29 is 24.6 Å². The van der Waals surface area contributed by atoms with Crippen LogP contribution in [0.3, 0.4) is 0 Å². The summed E-state index contributed by atoms with van der Waals surface area (Å²) in [5, 5.41) is 19.3. The number of nitrogens with two attached hydrogens (primary N) is 4. The van der Waals surface area contributed by atoms with Crippen LogP contribution in [0.5, 0.6) is 0 Å². The Morgan fingerprint density at radius 3 is 1.95 bits per heavy atom. The van der Waals surface area contributed by atoms with Gasteiger partial charge in [0.15, 0.2) is 0 Å². The molecule has 0 aliphatic carbocycles. The van der Waals surface area contributed by atoms with Crippen molar-refractivity contribution in [3.63, 3.8) is 0 Å². The number of carboxylic acid groups (broad SMARTS) is 1. The Kier molecular flexibility index (Phi) is 6.54. The standard InChI is InChI=1S/C8H18N6O5/c9-7(18)13(11)3-4(15)1-2-5(6(16)17)14(12)8(10)19/h4-5,15H,1-3,11-12H2,(H2,9,18)(H2,10,19)(H,16,17). The second-order valence-electron chi connectivity index (χ2n) is 3.82. The van der Waals surface area contributed by atoms with E-state index in [0.717, 1.165) is 0 Å². The molecule has 0 saturated heterocycles. The Bertz CT molecular complexity index is 351. The number of amides is 4. The minimum atomic E-state index is -1.38. The minimum absolute atomic E-state index is 0.0705. The largest absolute Gasteiger partial charge is 0.480 e. The van der Waals surface area contributed by atoms with Crippen molar-refractivity contribution in [2.45, 2.75) is 25.0 Å². The summed E-state index contributed by atoms with van der Waals surface area (Å²) in [6.45, 7) is -0.275. The predicted octanol–water partition coefficient (Wildman–Crippen LogP) is -2.91. The van der Waals surface area contributed by atoms with Gasteiger partial charge >= 0.3 is 18.0 Å². The van der Waals surface area contributed by atoms with Crippen LogP contribution in [-0.4, -0.2) is 57.0 Å². The van der Waals surface area contributed by atoms with Crippen molar-refractivity contribution in [2.24, 2.45) is 23.2 Å². The summed E-state index contributed by atoms with van der Waals surface area (Å²) in [6, 6.07) is -3.43. The number of hydrazine groups is 2. The van der Waals surface area contributed by atoms with Crippen LogP contribution in [-0.2, 0) is 4.79 Å². The monoisotopic (exact) mass is 278 g/mol. The molecule has 2 atom stereocenters. The number of carbonyl (C=O) groups is 3. The van der Waals surface area contributed by atoms with Crippen LogP contribution in [0.1, 0.15) is 12.8 Å². The highest BCUT2D eigenvalue weighted by Crippen LogP contribution is 2.07. The van der Waals surface area contributed by atoms with E-state index in [0.29, 0.717) is 10.0 Å². The Labute approximate surface area is 108 Å². The lowest BCUT2D eigenvalue weighted by Gasteiger charge is -2.24. The Morgan fingerprint density at radius 2 is 1.58 bits per heavy atom. The molecule has 0 rings (SSSR count). The van der Waals surface area contributed by atoms with E-state index < -0.39 is 30.2 Å². The highest BCUT2D eigenvalue weighted by atomic mass is 16.4. The number of urea groups is 2. The zero-order chi connectivity index (χ0) is 15.2. The van der Waals surface area contributed by atoms with E-state index in [-0.39, 0.29) is 19.4 Å². The molecule has 0 aliphatic rings. The zero-order valence-corrected chi connectivity index (χ0v) is 10.1. The highest BCUT2D eigenvalue weighted by molar-refractivity contribution is 5.81.